The Bertz CT molecular complexity index is 810. The molecular formula is C22H28N2O4. The lowest BCUT2D eigenvalue weighted by atomic mass is 9.87. The van der Waals surface area contributed by atoms with E-state index in [1.54, 1.807) is 38.1 Å². The van der Waals surface area contributed by atoms with Gasteiger partial charge in [-0.2, -0.15) is 0 Å². The minimum absolute atomic E-state index is 0.0571. The summed E-state index contributed by atoms with van der Waals surface area (Å²) in [5.74, 6) is 0.215. The predicted molar refractivity (Wildman–Crippen MR) is 111 cm³/mol. The van der Waals surface area contributed by atoms with E-state index in [2.05, 4.69) is 31.4 Å². The van der Waals surface area contributed by atoms with Crippen LogP contribution in [0.3, 0.4) is 0 Å². The molecule has 0 radical (unpaired) electrons. The van der Waals surface area contributed by atoms with Crippen LogP contribution in [0.4, 0.5) is 16.2 Å². The van der Waals surface area contributed by atoms with Crippen molar-refractivity contribution in [3.63, 3.8) is 0 Å². The lowest BCUT2D eigenvalue weighted by molar-refractivity contribution is -0.122. The molecule has 6 heteroatoms. The molecule has 0 aliphatic rings. The van der Waals surface area contributed by atoms with Crippen molar-refractivity contribution < 1.29 is 19.1 Å². The number of anilines is 2. The number of nitrogens with one attached hydrogen (secondary N) is 2. The van der Waals surface area contributed by atoms with Gasteiger partial charge in [-0.15, -0.1) is 0 Å². The Morgan fingerprint density at radius 1 is 1.00 bits per heavy atom. The number of carbonyl (C=O) groups excluding carboxylic acids is 2. The molecule has 2 rings (SSSR count). The molecule has 2 aromatic rings. The summed E-state index contributed by atoms with van der Waals surface area (Å²) in [6, 6.07) is 14.6. The Kier molecular flexibility index (Phi) is 7.04. The molecule has 2 amide bonds. The van der Waals surface area contributed by atoms with Crippen molar-refractivity contribution in [3.8, 4) is 5.75 Å². The van der Waals surface area contributed by atoms with Crippen LogP contribution in [0.5, 0.6) is 5.75 Å². The van der Waals surface area contributed by atoms with Gasteiger partial charge in [-0.1, -0.05) is 39.0 Å². The van der Waals surface area contributed by atoms with E-state index in [1.807, 2.05) is 24.3 Å². The molecule has 150 valence electrons. The zero-order valence-electron chi connectivity index (χ0n) is 17.0. The van der Waals surface area contributed by atoms with Crippen molar-refractivity contribution in [2.24, 2.45) is 0 Å². The van der Waals surface area contributed by atoms with Gasteiger partial charge in [-0.3, -0.25) is 10.1 Å². The molecule has 0 heterocycles. The highest BCUT2D eigenvalue weighted by Gasteiger charge is 2.17. The summed E-state index contributed by atoms with van der Waals surface area (Å²) in [6.45, 7) is 10.1. The summed E-state index contributed by atoms with van der Waals surface area (Å²) in [5.41, 5.74) is 2.50. The topological polar surface area (TPSA) is 76.7 Å². The van der Waals surface area contributed by atoms with Gasteiger partial charge in [0.2, 0.25) is 0 Å². The van der Waals surface area contributed by atoms with Crippen LogP contribution in [0.25, 0.3) is 0 Å². The van der Waals surface area contributed by atoms with Crippen molar-refractivity contribution in [1.82, 2.24) is 0 Å². The SMILES string of the molecule is CCOC(=O)Nc1cccc(OC(C)C(=O)Nc2ccc(C(C)(C)C)cc2)c1. The van der Waals surface area contributed by atoms with Gasteiger partial charge in [0.1, 0.15) is 5.75 Å². The third kappa shape index (κ3) is 6.30. The van der Waals surface area contributed by atoms with Crippen LogP contribution in [0.2, 0.25) is 0 Å². The first-order valence-electron chi connectivity index (χ1n) is 9.31. The number of rotatable bonds is 6. The number of hydrogen-bond acceptors (Lipinski definition) is 4. The molecule has 0 spiro atoms. The average Bonchev–Trinajstić information content (AvgIpc) is 2.61. The highest BCUT2D eigenvalue weighted by atomic mass is 16.5. The molecule has 0 saturated carbocycles. The van der Waals surface area contributed by atoms with E-state index < -0.39 is 12.2 Å². The first kappa shape index (κ1) is 21.3. The standard InChI is InChI=1S/C22H28N2O4/c1-6-27-21(26)24-18-8-7-9-19(14-18)28-15(2)20(25)23-17-12-10-16(11-13-17)22(3,4)5/h7-15H,6H2,1-5H3,(H,23,25)(H,24,26). The van der Waals surface area contributed by atoms with Crippen LogP contribution in [-0.4, -0.2) is 24.7 Å². The number of amides is 2. The Hall–Kier alpha value is -3.02. The van der Waals surface area contributed by atoms with E-state index in [0.717, 1.165) is 0 Å². The average molecular weight is 384 g/mol. The minimum atomic E-state index is -0.708. The number of benzene rings is 2. The second-order valence-electron chi connectivity index (χ2n) is 7.45. The van der Waals surface area contributed by atoms with E-state index in [9.17, 15) is 9.59 Å². The molecule has 0 saturated heterocycles. The summed E-state index contributed by atoms with van der Waals surface area (Å²) in [4.78, 5) is 23.9. The molecule has 0 fully saturated rings. The third-order valence-corrected chi connectivity index (χ3v) is 4.06. The smallest absolute Gasteiger partial charge is 0.411 e. The van der Waals surface area contributed by atoms with Crippen molar-refractivity contribution in [2.75, 3.05) is 17.2 Å². The molecular weight excluding hydrogens is 356 g/mol. The lowest BCUT2D eigenvalue weighted by Crippen LogP contribution is -2.30. The minimum Gasteiger partial charge on any atom is -0.481 e. The normalized spacial score (nSPS) is 12.0. The Morgan fingerprint density at radius 3 is 2.29 bits per heavy atom. The maximum atomic E-state index is 12.4. The largest absolute Gasteiger partial charge is 0.481 e. The summed E-state index contributed by atoms with van der Waals surface area (Å²) in [6.07, 6.45) is -1.25. The van der Waals surface area contributed by atoms with Gasteiger partial charge < -0.3 is 14.8 Å². The van der Waals surface area contributed by atoms with E-state index in [0.29, 0.717) is 17.1 Å². The van der Waals surface area contributed by atoms with Crippen LogP contribution in [0, 0.1) is 0 Å². The molecule has 0 aliphatic carbocycles. The van der Waals surface area contributed by atoms with E-state index in [-0.39, 0.29) is 17.9 Å². The summed E-state index contributed by atoms with van der Waals surface area (Å²) < 4.78 is 10.6. The Labute approximate surface area is 166 Å². The quantitative estimate of drug-likeness (QED) is 0.738. The molecule has 2 aromatic carbocycles. The molecule has 1 unspecified atom stereocenters. The molecule has 0 aromatic heterocycles. The van der Waals surface area contributed by atoms with Crippen LogP contribution < -0.4 is 15.4 Å². The first-order valence-corrected chi connectivity index (χ1v) is 9.31. The van der Waals surface area contributed by atoms with Crippen molar-refractivity contribution in [1.29, 1.82) is 0 Å². The van der Waals surface area contributed by atoms with Gasteiger partial charge in [0.25, 0.3) is 5.91 Å². The third-order valence-electron chi connectivity index (χ3n) is 4.06. The summed E-state index contributed by atoms with van der Waals surface area (Å²) in [5, 5.41) is 5.45. The Balaban J connectivity index is 1.96. The van der Waals surface area contributed by atoms with Crippen molar-refractivity contribution >= 4 is 23.4 Å². The molecule has 28 heavy (non-hydrogen) atoms. The van der Waals surface area contributed by atoms with Gasteiger partial charge in [-0.05, 0) is 49.1 Å². The van der Waals surface area contributed by atoms with Gasteiger partial charge in [0, 0.05) is 17.4 Å². The Morgan fingerprint density at radius 2 is 1.68 bits per heavy atom. The van der Waals surface area contributed by atoms with Gasteiger partial charge in [0.05, 0.1) is 6.61 Å². The molecule has 0 aliphatic heterocycles. The van der Waals surface area contributed by atoms with Gasteiger partial charge in [0.15, 0.2) is 6.10 Å². The summed E-state index contributed by atoms with van der Waals surface area (Å²) in [7, 11) is 0. The van der Waals surface area contributed by atoms with Gasteiger partial charge >= 0.3 is 6.09 Å². The fraction of sp³-hybridized carbons (Fsp3) is 0.364. The van der Waals surface area contributed by atoms with Crippen LogP contribution in [0.1, 0.15) is 40.2 Å². The maximum Gasteiger partial charge on any atom is 0.411 e. The van der Waals surface area contributed by atoms with Crippen LogP contribution >= 0.6 is 0 Å². The fourth-order valence-electron chi connectivity index (χ4n) is 2.49. The fourth-order valence-corrected chi connectivity index (χ4v) is 2.49. The second kappa shape index (κ2) is 9.26. The molecule has 1 atom stereocenters. The number of ether oxygens (including phenoxy) is 2. The second-order valence-corrected chi connectivity index (χ2v) is 7.45. The maximum absolute atomic E-state index is 12.4. The highest BCUT2D eigenvalue weighted by molar-refractivity contribution is 5.94. The zero-order valence-corrected chi connectivity index (χ0v) is 17.0. The van der Waals surface area contributed by atoms with Crippen LogP contribution in [-0.2, 0) is 14.9 Å². The van der Waals surface area contributed by atoms with Crippen molar-refractivity contribution in [2.45, 2.75) is 46.1 Å². The lowest BCUT2D eigenvalue weighted by Gasteiger charge is -2.20. The monoisotopic (exact) mass is 384 g/mol. The van der Waals surface area contributed by atoms with Gasteiger partial charge in [-0.25, -0.2) is 4.79 Å². The van der Waals surface area contributed by atoms with Crippen molar-refractivity contribution in [3.05, 3.63) is 54.1 Å². The van der Waals surface area contributed by atoms with Crippen LogP contribution in [0.15, 0.2) is 48.5 Å². The first-order chi connectivity index (χ1) is 13.2. The van der Waals surface area contributed by atoms with E-state index in [1.165, 1.54) is 5.56 Å². The summed E-state index contributed by atoms with van der Waals surface area (Å²) >= 11 is 0. The van der Waals surface area contributed by atoms with E-state index in [4.69, 9.17) is 9.47 Å². The molecule has 2 N–H and O–H groups in total. The van der Waals surface area contributed by atoms with E-state index >= 15 is 0 Å². The number of hydrogen-bond donors (Lipinski definition) is 2. The number of carbonyl (C=O) groups is 2. The molecule has 0 bridgehead atoms. The molecule has 6 nitrogen and oxygen atoms in total. The predicted octanol–water partition coefficient (Wildman–Crippen LogP) is 4.96. The highest BCUT2D eigenvalue weighted by Crippen LogP contribution is 2.24. The zero-order chi connectivity index (χ0) is 20.7.